The maximum atomic E-state index is 5.96. The zero-order chi connectivity index (χ0) is 25.0. The second-order valence-corrected chi connectivity index (χ2v) is 8.00. The molecule has 5 nitrogen and oxygen atoms in total. The predicted octanol–water partition coefficient (Wildman–Crippen LogP) is 6.75. The molecule has 0 unspecified atom stereocenters. The number of ether oxygens (including phenoxy) is 1. The van der Waals surface area contributed by atoms with Crippen molar-refractivity contribution in [1.82, 2.24) is 4.98 Å². The van der Waals surface area contributed by atoms with Gasteiger partial charge >= 0.3 is 0 Å². The van der Waals surface area contributed by atoms with Gasteiger partial charge in [-0.15, -0.1) is 0 Å². The molecule has 4 aromatic rings. The van der Waals surface area contributed by atoms with Gasteiger partial charge in [0.1, 0.15) is 18.2 Å². The van der Waals surface area contributed by atoms with Gasteiger partial charge in [0.25, 0.3) is 0 Å². The SMILES string of the molecule is C=Cc1ccnc2ccccc12.CN=C(N)/C=C(/C)Nc1cc(C)ccc1OCc1ccccc1. The van der Waals surface area contributed by atoms with Gasteiger partial charge < -0.3 is 15.8 Å². The third-order valence-electron chi connectivity index (χ3n) is 5.23. The first-order chi connectivity index (χ1) is 17.0. The van der Waals surface area contributed by atoms with Gasteiger partial charge in [0.05, 0.1) is 11.2 Å². The molecule has 0 radical (unpaired) electrons. The predicted molar refractivity (Wildman–Crippen MR) is 149 cm³/mol. The fourth-order valence-electron chi connectivity index (χ4n) is 3.43. The molecule has 0 aliphatic heterocycles. The van der Waals surface area contributed by atoms with E-state index in [9.17, 15) is 0 Å². The lowest BCUT2D eigenvalue weighted by Crippen LogP contribution is -2.10. The number of amidine groups is 1. The Labute approximate surface area is 207 Å². The van der Waals surface area contributed by atoms with E-state index in [2.05, 4.69) is 34.0 Å². The van der Waals surface area contributed by atoms with E-state index >= 15 is 0 Å². The summed E-state index contributed by atoms with van der Waals surface area (Å²) in [6, 6.07) is 26.2. The fraction of sp³-hybridized carbons (Fsp3) is 0.133. The molecule has 1 aromatic heterocycles. The molecule has 0 fully saturated rings. The highest BCUT2D eigenvalue weighted by Crippen LogP contribution is 2.27. The van der Waals surface area contributed by atoms with E-state index in [1.54, 1.807) is 19.3 Å². The summed E-state index contributed by atoms with van der Waals surface area (Å²) < 4.78 is 5.96. The highest BCUT2D eigenvalue weighted by Gasteiger charge is 2.05. The van der Waals surface area contributed by atoms with Crippen molar-refractivity contribution in [1.29, 1.82) is 0 Å². The van der Waals surface area contributed by atoms with Crippen LogP contribution in [0.4, 0.5) is 5.69 Å². The van der Waals surface area contributed by atoms with E-state index in [1.165, 1.54) is 0 Å². The molecule has 0 aliphatic carbocycles. The van der Waals surface area contributed by atoms with Crippen molar-refractivity contribution in [2.24, 2.45) is 10.7 Å². The van der Waals surface area contributed by atoms with Crippen molar-refractivity contribution in [3.63, 3.8) is 0 Å². The Hall–Kier alpha value is -4.38. The maximum Gasteiger partial charge on any atom is 0.143 e. The summed E-state index contributed by atoms with van der Waals surface area (Å²) in [7, 11) is 1.67. The number of allylic oxidation sites excluding steroid dienone is 1. The zero-order valence-corrected chi connectivity index (χ0v) is 20.5. The number of pyridine rings is 1. The normalized spacial score (nSPS) is 11.4. The highest BCUT2D eigenvalue weighted by atomic mass is 16.5. The molecule has 0 saturated carbocycles. The number of para-hydroxylation sites is 1. The first-order valence-electron chi connectivity index (χ1n) is 11.4. The van der Waals surface area contributed by atoms with Gasteiger partial charge in [0, 0.05) is 24.3 Å². The minimum absolute atomic E-state index is 0.481. The number of hydrogen-bond donors (Lipinski definition) is 2. The molecular weight excluding hydrogens is 432 g/mol. The van der Waals surface area contributed by atoms with Gasteiger partial charge in [-0.25, -0.2) is 0 Å². The fourth-order valence-corrected chi connectivity index (χ4v) is 3.43. The van der Waals surface area contributed by atoms with Crippen molar-refractivity contribution in [2.45, 2.75) is 20.5 Å². The average Bonchev–Trinajstić information content (AvgIpc) is 2.88. The molecule has 0 spiro atoms. The third kappa shape index (κ3) is 7.57. The number of nitrogens with two attached hydrogens (primary N) is 1. The van der Waals surface area contributed by atoms with Gasteiger partial charge in [-0.05, 0) is 60.9 Å². The molecular formula is C30H32N4O. The Morgan fingerprint density at radius 1 is 1.06 bits per heavy atom. The summed E-state index contributed by atoms with van der Waals surface area (Å²) in [6.07, 6.45) is 5.45. The van der Waals surface area contributed by atoms with Crippen molar-refractivity contribution in [3.8, 4) is 5.75 Å². The van der Waals surface area contributed by atoms with Gasteiger partial charge in [-0.3, -0.25) is 9.98 Å². The molecule has 1 heterocycles. The molecule has 3 N–H and O–H groups in total. The summed E-state index contributed by atoms with van der Waals surface area (Å²) in [5, 5.41) is 4.49. The summed E-state index contributed by atoms with van der Waals surface area (Å²) in [5.74, 6) is 1.29. The average molecular weight is 465 g/mol. The number of benzene rings is 3. The van der Waals surface area contributed by atoms with Crippen LogP contribution in [-0.2, 0) is 6.61 Å². The number of aryl methyl sites for hydroxylation is 1. The summed E-state index contributed by atoms with van der Waals surface area (Å²) in [5.41, 5.74) is 12.0. The molecule has 3 aromatic carbocycles. The third-order valence-corrected chi connectivity index (χ3v) is 5.23. The van der Waals surface area contributed by atoms with E-state index in [1.807, 2.05) is 86.7 Å². The van der Waals surface area contributed by atoms with Gasteiger partial charge in [-0.1, -0.05) is 67.3 Å². The minimum Gasteiger partial charge on any atom is -0.487 e. The molecule has 35 heavy (non-hydrogen) atoms. The summed E-state index contributed by atoms with van der Waals surface area (Å²) >= 11 is 0. The number of hydrogen-bond acceptors (Lipinski definition) is 4. The van der Waals surface area contributed by atoms with Crippen LogP contribution in [0.25, 0.3) is 17.0 Å². The monoisotopic (exact) mass is 464 g/mol. The number of nitrogens with one attached hydrogen (secondary N) is 1. The van der Waals surface area contributed by atoms with E-state index in [0.717, 1.165) is 44.7 Å². The Bertz CT molecular complexity index is 1320. The van der Waals surface area contributed by atoms with Crippen molar-refractivity contribution >= 4 is 28.5 Å². The molecule has 4 rings (SSSR count). The minimum atomic E-state index is 0.481. The van der Waals surface area contributed by atoms with Crippen LogP contribution in [0.1, 0.15) is 23.6 Å². The van der Waals surface area contributed by atoms with Crippen LogP contribution >= 0.6 is 0 Å². The van der Waals surface area contributed by atoms with Crippen LogP contribution in [0.5, 0.6) is 5.75 Å². The molecule has 0 atom stereocenters. The van der Waals surface area contributed by atoms with Gasteiger partial charge in [0.2, 0.25) is 0 Å². The Morgan fingerprint density at radius 2 is 1.80 bits per heavy atom. The first-order valence-corrected chi connectivity index (χ1v) is 11.4. The summed E-state index contributed by atoms with van der Waals surface area (Å²) in [4.78, 5) is 8.17. The Kier molecular flexibility index (Phi) is 9.20. The van der Waals surface area contributed by atoms with Crippen LogP contribution in [-0.4, -0.2) is 17.9 Å². The lowest BCUT2D eigenvalue weighted by atomic mass is 10.1. The van der Waals surface area contributed by atoms with Crippen LogP contribution in [0.3, 0.4) is 0 Å². The number of fused-ring (bicyclic) bond motifs is 1. The van der Waals surface area contributed by atoms with Crippen LogP contribution in [0.2, 0.25) is 0 Å². The van der Waals surface area contributed by atoms with Gasteiger partial charge in [-0.2, -0.15) is 0 Å². The topological polar surface area (TPSA) is 72.5 Å². The number of aliphatic imine (C=N–C) groups is 1. The van der Waals surface area contributed by atoms with Crippen molar-refractivity contribution < 1.29 is 4.74 Å². The molecule has 0 amide bonds. The first kappa shape index (κ1) is 25.2. The lowest BCUT2D eigenvalue weighted by Gasteiger charge is -2.14. The number of nitrogens with zero attached hydrogens (tertiary/aromatic N) is 2. The number of anilines is 1. The van der Waals surface area contributed by atoms with Crippen molar-refractivity contribution in [2.75, 3.05) is 12.4 Å². The Morgan fingerprint density at radius 3 is 2.54 bits per heavy atom. The quantitative estimate of drug-likeness (QED) is 0.234. The number of aromatic nitrogens is 1. The molecule has 0 aliphatic rings. The molecule has 178 valence electrons. The molecule has 0 saturated heterocycles. The molecule has 5 heteroatoms. The van der Waals surface area contributed by atoms with Crippen molar-refractivity contribution in [3.05, 3.63) is 120 Å². The van der Waals surface area contributed by atoms with Crippen LogP contribution in [0.15, 0.2) is 108 Å². The second kappa shape index (κ2) is 12.8. The van der Waals surface area contributed by atoms with E-state index in [4.69, 9.17) is 10.5 Å². The van der Waals surface area contributed by atoms with E-state index in [0.29, 0.717) is 12.4 Å². The zero-order valence-electron chi connectivity index (χ0n) is 20.5. The standard InChI is InChI=1S/C19H23N3O.C11H9N/c1-14-9-10-18(23-13-16-7-5-4-6-8-16)17(11-14)22-15(2)12-19(20)21-3;1-2-9-7-8-12-11-6-4-3-5-10(9)11/h4-12,22H,13H2,1-3H3,(H2,20,21);2-8H,1H2/b15-12-;. The highest BCUT2D eigenvalue weighted by molar-refractivity contribution is 5.92. The Balaban J connectivity index is 0.000000237. The smallest absolute Gasteiger partial charge is 0.143 e. The van der Waals surface area contributed by atoms with Crippen LogP contribution in [0, 0.1) is 6.92 Å². The molecule has 0 bridgehead atoms. The summed E-state index contributed by atoms with van der Waals surface area (Å²) in [6.45, 7) is 8.28. The van der Waals surface area contributed by atoms with E-state index in [-0.39, 0.29) is 0 Å². The second-order valence-electron chi connectivity index (χ2n) is 8.00. The lowest BCUT2D eigenvalue weighted by molar-refractivity contribution is 0.308. The van der Waals surface area contributed by atoms with E-state index < -0.39 is 0 Å². The maximum absolute atomic E-state index is 5.96. The largest absolute Gasteiger partial charge is 0.487 e. The van der Waals surface area contributed by atoms with Crippen LogP contribution < -0.4 is 15.8 Å². The number of rotatable bonds is 7. The van der Waals surface area contributed by atoms with Gasteiger partial charge in [0.15, 0.2) is 0 Å².